The molecule has 2 aromatic rings. The number of benzene rings is 2. The summed E-state index contributed by atoms with van der Waals surface area (Å²) in [5.41, 5.74) is 1.35. The van der Waals surface area contributed by atoms with Gasteiger partial charge >= 0.3 is 6.03 Å². The van der Waals surface area contributed by atoms with Crippen molar-refractivity contribution >= 4 is 27.6 Å². The molecule has 1 heterocycles. The Labute approximate surface area is 157 Å². The number of aryl methyl sites for hydroxylation is 1. The van der Waals surface area contributed by atoms with Crippen molar-refractivity contribution in [2.75, 3.05) is 0 Å². The summed E-state index contributed by atoms with van der Waals surface area (Å²) >= 11 is 1.43. The zero-order valence-electron chi connectivity index (χ0n) is 14.5. The van der Waals surface area contributed by atoms with Gasteiger partial charge in [-0.05, 0) is 38.1 Å². The second-order valence-corrected chi connectivity index (χ2v) is 9.33. The molecule has 1 atom stereocenters. The largest absolute Gasteiger partial charge is 0.325 e. The molecular formula is C19H20N2O3S2. The van der Waals surface area contributed by atoms with E-state index in [1.165, 1.54) is 11.8 Å². The maximum absolute atomic E-state index is 13.1. The van der Waals surface area contributed by atoms with E-state index in [4.69, 9.17) is 0 Å². The van der Waals surface area contributed by atoms with E-state index in [9.17, 15) is 13.2 Å². The van der Waals surface area contributed by atoms with Crippen molar-refractivity contribution in [2.45, 2.75) is 35.4 Å². The van der Waals surface area contributed by atoms with E-state index >= 15 is 0 Å². The highest BCUT2D eigenvalue weighted by Gasteiger charge is 2.30. The Bertz CT molecular complexity index is 937. The van der Waals surface area contributed by atoms with Gasteiger partial charge in [-0.3, -0.25) is 0 Å². The molecule has 136 valence electrons. The summed E-state index contributed by atoms with van der Waals surface area (Å²) in [6, 6.07) is 15.9. The number of carbonyl (C=O) groups is 1. The summed E-state index contributed by atoms with van der Waals surface area (Å²) in [5, 5.41) is 5.07. The lowest BCUT2D eigenvalue weighted by molar-refractivity contribution is 0.243. The maximum Gasteiger partial charge on any atom is 0.319 e. The van der Waals surface area contributed by atoms with Gasteiger partial charge in [0.2, 0.25) is 9.84 Å². The number of allylic oxidation sites excluding steroid dienone is 1. The third kappa shape index (κ3) is 4.11. The lowest BCUT2D eigenvalue weighted by Gasteiger charge is -2.17. The summed E-state index contributed by atoms with van der Waals surface area (Å²) < 4.78 is 26.2. The molecule has 5 nitrogen and oxygen atoms in total. The molecule has 3 rings (SSSR count). The second kappa shape index (κ2) is 7.55. The molecule has 0 fully saturated rings. The molecule has 0 bridgehead atoms. The van der Waals surface area contributed by atoms with Crippen molar-refractivity contribution in [2.24, 2.45) is 0 Å². The number of thioether (sulfide) groups is 1. The fourth-order valence-corrected chi connectivity index (χ4v) is 5.48. The van der Waals surface area contributed by atoms with Gasteiger partial charge in [-0.1, -0.05) is 35.9 Å². The van der Waals surface area contributed by atoms with Crippen molar-refractivity contribution in [1.82, 2.24) is 10.6 Å². The lowest BCUT2D eigenvalue weighted by atomic mass is 10.2. The minimum Gasteiger partial charge on any atom is -0.325 e. The minimum atomic E-state index is -3.69. The zero-order valence-corrected chi connectivity index (χ0v) is 16.2. The van der Waals surface area contributed by atoms with Crippen molar-refractivity contribution in [3.05, 3.63) is 70.8 Å². The van der Waals surface area contributed by atoms with Gasteiger partial charge in [0.1, 0.15) is 0 Å². The predicted octanol–water partition coefficient (Wildman–Crippen LogP) is 3.82. The van der Waals surface area contributed by atoms with Gasteiger partial charge in [0.15, 0.2) is 0 Å². The Hall–Kier alpha value is -2.25. The zero-order chi connectivity index (χ0) is 18.7. The minimum absolute atomic E-state index is 0.209. The average molecular weight is 389 g/mol. The highest BCUT2D eigenvalue weighted by atomic mass is 32.2. The highest BCUT2D eigenvalue weighted by molar-refractivity contribution is 8.00. The van der Waals surface area contributed by atoms with Crippen LogP contribution in [0.4, 0.5) is 4.79 Å². The molecule has 0 aliphatic carbocycles. The number of urea groups is 1. The third-order valence-corrected chi connectivity index (χ3v) is 7.19. The fraction of sp³-hybridized carbons (Fsp3) is 0.211. The van der Waals surface area contributed by atoms with Crippen LogP contribution >= 0.6 is 11.8 Å². The molecule has 0 saturated heterocycles. The molecule has 2 N–H and O–H groups in total. The molecule has 2 aromatic carbocycles. The SMILES string of the molecule is CC1=C(S(=O)(=O)c2ccc(C)cc2)CC(Sc2ccccc2)NC(=O)N1. The Kier molecular flexibility index (Phi) is 5.38. The number of sulfone groups is 1. The average Bonchev–Trinajstić information content (AvgIpc) is 2.74. The smallest absolute Gasteiger partial charge is 0.319 e. The number of nitrogens with one attached hydrogen (secondary N) is 2. The summed E-state index contributed by atoms with van der Waals surface area (Å²) in [4.78, 5) is 13.5. The second-order valence-electron chi connectivity index (χ2n) is 6.09. The first-order valence-corrected chi connectivity index (χ1v) is 10.5. The van der Waals surface area contributed by atoms with Crippen LogP contribution < -0.4 is 10.6 Å². The van der Waals surface area contributed by atoms with Crippen LogP contribution in [-0.2, 0) is 9.84 Å². The van der Waals surface area contributed by atoms with E-state index in [1.807, 2.05) is 37.3 Å². The monoisotopic (exact) mass is 388 g/mol. The van der Waals surface area contributed by atoms with Crippen LogP contribution in [0.15, 0.2) is 75.0 Å². The molecule has 0 radical (unpaired) electrons. The van der Waals surface area contributed by atoms with Gasteiger partial charge < -0.3 is 10.6 Å². The van der Waals surface area contributed by atoms with Crippen LogP contribution in [0.5, 0.6) is 0 Å². The van der Waals surface area contributed by atoms with E-state index in [-0.39, 0.29) is 21.6 Å². The predicted molar refractivity (Wildman–Crippen MR) is 103 cm³/mol. The number of hydrogen-bond donors (Lipinski definition) is 2. The van der Waals surface area contributed by atoms with Crippen LogP contribution in [0.2, 0.25) is 0 Å². The van der Waals surface area contributed by atoms with E-state index in [2.05, 4.69) is 10.6 Å². The quantitative estimate of drug-likeness (QED) is 0.835. The summed E-state index contributed by atoms with van der Waals surface area (Å²) in [5.74, 6) is 0. The first kappa shape index (κ1) is 18.5. The summed E-state index contributed by atoms with van der Waals surface area (Å²) in [6.07, 6.45) is 0.209. The fourth-order valence-electron chi connectivity index (χ4n) is 2.70. The van der Waals surface area contributed by atoms with Gasteiger partial charge in [-0.15, -0.1) is 11.8 Å². The number of amides is 2. The molecule has 26 heavy (non-hydrogen) atoms. The van der Waals surface area contributed by atoms with Crippen molar-refractivity contribution in [1.29, 1.82) is 0 Å². The Morgan fingerprint density at radius 2 is 1.65 bits per heavy atom. The molecular weight excluding hydrogens is 368 g/mol. The third-order valence-electron chi connectivity index (χ3n) is 4.06. The first-order chi connectivity index (χ1) is 12.4. The van der Waals surface area contributed by atoms with E-state index < -0.39 is 15.9 Å². The number of carbonyl (C=O) groups excluding carboxylic acids is 1. The Morgan fingerprint density at radius 1 is 1.00 bits per heavy atom. The van der Waals surface area contributed by atoms with Gasteiger partial charge in [0, 0.05) is 17.0 Å². The molecule has 0 aromatic heterocycles. The van der Waals surface area contributed by atoms with Crippen LogP contribution in [0.1, 0.15) is 18.9 Å². The van der Waals surface area contributed by atoms with Crippen molar-refractivity contribution < 1.29 is 13.2 Å². The van der Waals surface area contributed by atoms with Crippen LogP contribution in [0.25, 0.3) is 0 Å². The molecule has 0 saturated carbocycles. The van der Waals surface area contributed by atoms with E-state index in [1.54, 1.807) is 31.2 Å². The van der Waals surface area contributed by atoms with Crippen LogP contribution in [-0.4, -0.2) is 19.8 Å². The van der Waals surface area contributed by atoms with Crippen molar-refractivity contribution in [3.63, 3.8) is 0 Å². The standard InChI is InChI=1S/C19H20N2O3S2/c1-13-8-10-16(11-9-13)26(23,24)17-12-18(21-19(22)20-14(17)2)25-15-6-4-3-5-7-15/h3-11,18H,12H2,1-2H3,(H2,20,21,22). The molecule has 7 heteroatoms. The van der Waals surface area contributed by atoms with Gasteiger partial charge in [-0.25, -0.2) is 13.2 Å². The number of hydrogen-bond acceptors (Lipinski definition) is 4. The highest BCUT2D eigenvalue weighted by Crippen LogP contribution is 2.32. The maximum atomic E-state index is 13.1. The molecule has 2 amide bonds. The molecule has 1 unspecified atom stereocenters. The van der Waals surface area contributed by atoms with E-state index in [0.29, 0.717) is 5.70 Å². The van der Waals surface area contributed by atoms with Gasteiger partial charge in [0.05, 0.1) is 15.2 Å². The number of rotatable bonds is 4. The molecule has 1 aliphatic rings. The topological polar surface area (TPSA) is 75.3 Å². The normalized spacial score (nSPS) is 18.1. The van der Waals surface area contributed by atoms with Crippen LogP contribution in [0.3, 0.4) is 0 Å². The summed E-state index contributed by atoms with van der Waals surface area (Å²) in [7, 11) is -3.69. The lowest BCUT2D eigenvalue weighted by Crippen LogP contribution is -2.37. The molecule has 0 spiro atoms. The van der Waals surface area contributed by atoms with Crippen LogP contribution in [0, 0.1) is 6.92 Å². The van der Waals surface area contributed by atoms with Gasteiger partial charge in [0.25, 0.3) is 0 Å². The van der Waals surface area contributed by atoms with Crippen molar-refractivity contribution in [3.8, 4) is 0 Å². The Morgan fingerprint density at radius 3 is 2.31 bits per heavy atom. The first-order valence-electron chi connectivity index (χ1n) is 8.17. The Balaban J connectivity index is 1.94. The summed E-state index contributed by atoms with van der Waals surface area (Å²) in [6.45, 7) is 3.53. The van der Waals surface area contributed by atoms with E-state index in [0.717, 1.165) is 10.5 Å². The molecule has 1 aliphatic heterocycles. The van der Waals surface area contributed by atoms with Gasteiger partial charge in [-0.2, -0.15) is 0 Å².